The first kappa shape index (κ1) is 46.7. The molecule has 7 aromatic carbocycles. The Bertz CT molecular complexity index is 4260. The van der Waals surface area contributed by atoms with Gasteiger partial charge in [-0.2, -0.15) is 0 Å². The highest BCUT2D eigenvalue weighted by atomic mass is 32.1. The summed E-state index contributed by atoms with van der Waals surface area (Å²) in [6.07, 6.45) is 4.73. The molecule has 372 valence electrons. The number of thiophene rings is 2. The van der Waals surface area contributed by atoms with Gasteiger partial charge in [-0.05, 0) is 169 Å². The highest BCUT2D eigenvalue weighted by molar-refractivity contribution is 7.27. The Morgan fingerprint density at radius 1 is 0.541 bits per heavy atom. The Hall–Kier alpha value is -5.82. The van der Waals surface area contributed by atoms with Gasteiger partial charge in [0.05, 0.1) is 22.4 Å². The monoisotopic (exact) mass is 1000 g/mol. The summed E-state index contributed by atoms with van der Waals surface area (Å²) in [4.78, 5) is 0. The molecule has 0 saturated heterocycles. The van der Waals surface area contributed by atoms with Gasteiger partial charge in [0.1, 0.15) is 5.58 Å². The first-order valence-electron chi connectivity index (χ1n) is 27.4. The Balaban J connectivity index is 1.15. The molecule has 2 aliphatic carbocycles. The molecule has 4 aromatic heterocycles. The van der Waals surface area contributed by atoms with Crippen LogP contribution in [0.2, 0.25) is 0 Å². The van der Waals surface area contributed by atoms with Gasteiger partial charge in [0.25, 0.3) is 0 Å². The van der Waals surface area contributed by atoms with Crippen molar-refractivity contribution >= 4 is 126 Å². The number of hydrogen-bond donors (Lipinski definition) is 1. The molecule has 0 saturated carbocycles. The summed E-state index contributed by atoms with van der Waals surface area (Å²) in [5.41, 5.74) is 21.0. The molecule has 11 aromatic rings. The molecule has 3 aliphatic rings. The average Bonchev–Trinajstić information content (AvgIpc) is 4.15. The van der Waals surface area contributed by atoms with Crippen molar-refractivity contribution in [2.24, 2.45) is 0 Å². The van der Waals surface area contributed by atoms with Crippen LogP contribution in [0.4, 0.5) is 11.4 Å². The molecular formula is C68H69BN2OS2. The zero-order chi connectivity index (χ0) is 51.6. The first-order chi connectivity index (χ1) is 34.9. The third kappa shape index (κ3) is 6.62. The second-order valence-corrected chi connectivity index (χ2v) is 29.7. The molecule has 1 N–H and O–H groups in total. The third-order valence-corrected chi connectivity index (χ3v) is 20.9. The van der Waals surface area contributed by atoms with Crippen molar-refractivity contribution in [2.45, 2.75) is 155 Å². The minimum atomic E-state index is -0.0163. The Morgan fingerprint density at radius 2 is 1.12 bits per heavy atom. The van der Waals surface area contributed by atoms with E-state index in [-0.39, 0.29) is 32.5 Å². The Morgan fingerprint density at radius 3 is 1.78 bits per heavy atom. The fourth-order valence-electron chi connectivity index (χ4n) is 13.8. The van der Waals surface area contributed by atoms with Crippen LogP contribution in [0.25, 0.3) is 89.9 Å². The predicted octanol–water partition coefficient (Wildman–Crippen LogP) is 18.7. The van der Waals surface area contributed by atoms with Crippen molar-refractivity contribution < 1.29 is 4.42 Å². The second kappa shape index (κ2) is 15.0. The van der Waals surface area contributed by atoms with E-state index >= 15 is 0 Å². The van der Waals surface area contributed by atoms with Crippen molar-refractivity contribution in [1.29, 1.82) is 0 Å². The molecule has 0 unspecified atom stereocenters. The molecule has 14 rings (SSSR count). The maximum atomic E-state index is 7.25. The summed E-state index contributed by atoms with van der Waals surface area (Å²) in [7, 11) is 0.689. The maximum absolute atomic E-state index is 7.25. The summed E-state index contributed by atoms with van der Waals surface area (Å²) >= 11 is 3.95. The highest BCUT2D eigenvalue weighted by Crippen LogP contribution is 2.55. The number of nitrogens with zero attached hydrogens (tertiary/aromatic N) is 1. The van der Waals surface area contributed by atoms with Crippen LogP contribution in [0.5, 0.6) is 0 Å². The quantitative estimate of drug-likeness (QED) is 0.179. The minimum Gasteiger partial charge on any atom is -0.469 e. The van der Waals surface area contributed by atoms with Crippen molar-refractivity contribution in [3.05, 3.63) is 137 Å². The van der Waals surface area contributed by atoms with Crippen molar-refractivity contribution in [3.8, 4) is 16.8 Å². The zero-order valence-corrected chi connectivity index (χ0v) is 47.7. The Labute approximate surface area is 445 Å². The number of hydrogen-bond acceptors (Lipinski definition) is 4. The normalized spacial score (nSPS) is 17.6. The number of anilines is 2. The van der Waals surface area contributed by atoms with E-state index < -0.39 is 0 Å². The van der Waals surface area contributed by atoms with Gasteiger partial charge in [-0.25, -0.2) is 0 Å². The van der Waals surface area contributed by atoms with Crippen molar-refractivity contribution in [2.75, 3.05) is 5.32 Å². The zero-order valence-electron chi connectivity index (χ0n) is 46.0. The molecule has 0 amide bonds. The van der Waals surface area contributed by atoms with Crippen LogP contribution >= 0.6 is 22.7 Å². The highest BCUT2D eigenvalue weighted by Gasteiger charge is 2.41. The lowest BCUT2D eigenvalue weighted by atomic mass is 9.61. The molecular weight excluding hydrogens is 936 g/mol. The molecule has 0 bridgehead atoms. The molecule has 0 fully saturated rings. The number of nitrogens with one attached hydrogen (secondary N) is 1. The number of aromatic nitrogens is 1. The average molecular weight is 1010 g/mol. The van der Waals surface area contributed by atoms with Crippen LogP contribution < -0.4 is 16.4 Å². The SMILES string of the molecule is CC(C)(C)c1ccc(Nc2cc3c(cc2-c2c4c5c(c6cc7c(cc6n5-c5c(oc6ccc(C(C)(C)C)cc56)B4)C(C)(C)CCC7(C)C)c4sc5ccccc5c24)sc2cc4c(cc23)C(C)(C)CCC4(C)C)cc1. The van der Waals surface area contributed by atoms with E-state index in [0.717, 1.165) is 29.0 Å². The van der Waals surface area contributed by atoms with E-state index in [1.54, 1.807) is 0 Å². The number of rotatable bonds is 3. The smallest absolute Gasteiger partial charge is 0.244 e. The lowest BCUT2D eigenvalue weighted by Crippen LogP contribution is -2.36. The summed E-state index contributed by atoms with van der Waals surface area (Å²) in [5, 5.41) is 13.5. The van der Waals surface area contributed by atoms with Gasteiger partial charge < -0.3 is 14.3 Å². The molecule has 74 heavy (non-hydrogen) atoms. The van der Waals surface area contributed by atoms with Crippen LogP contribution in [-0.2, 0) is 32.5 Å². The Kier molecular flexibility index (Phi) is 9.45. The van der Waals surface area contributed by atoms with E-state index in [4.69, 9.17) is 4.42 Å². The van der Waals surface area contributed by atoms with Gasteiger partial charge in [0.15, 0.2) is 0 Å². The second-order valence-electron chi connectivity index (χ2n) is 27.5. The lowest BCUT2D eigenvalue weighted by molar-refractivity contribution is 0.332. The summed E-state index contributed by atoms with van der Waals surface area (Å²) in [5.74, 6) is 0. The third-order valence-electron chi connectivity index (χ3n) is 18.6. The maximum Gasteiger partial charge on any atom is 0.244 e. The summed E-state index contributed by atoms with van der Waals surface area (Å²) < 4.78 is 15.3. The van der Waals surface area contributed by atoms with Crippen LogP contribution in [-0.4, -0.2) is 11.8 Å². The van der Waals surface area contributed by atoms with E-state index in [2.05, 4.69) is 210 Å². The van der Waals surface area contributed by atoms with Gasteiger partial charge in [-0.15, -0.1) is 22.7 Å². The molecule has 1 aliphatic heterocycles. The van der Waals surface area contributed by atoms with Gasteiger partial charge in [0, 0.05) is 73.4 Å². The number of benzene rings is 7. The van der Waals surface area contributed by atoms with Crippen LogP contribution in [0.15, 0.2) is 108 Å². The van der Waals surface area contributed by atoms with Crippen LogP contribution in [0.3, 0.4) is 0 Å². The summed E-state index contributed by atoms with van der Waals surface area (Å²) in [6, 6.07) is 40.9. The van der Waals surface area contributed by atoms with E-state index in [0.29, 0.717) is 7.28 Å². The van der Waals surface area contributed by atoms with Crippen LogP contribution in [0.1, 0.15) is 156 Å². The van der Waals surface area contributed by atoms with Gasteiger partial charge >= 0.3 is 0 Å². The minimum absolute atomic E-state index is 0.0163. The van der Waals surface area contributed by atoms with E-state index in [1.165, 1.54) is 142 Å². The van der Waals surface area contributed by atoms with E-state index in [9.17, 15) is 0 Å². The summed E-state index contributed by atoms with van der Waals surface area (Å²) in [6.45, 7) is 33.6. The molecule has 0 atom stereocenters. The van der Waals surface area contributed by atoms with E-state index in [1.807, 2.05) is 22.7 Å². The predicted molar refractivity (Wildman–Crippen MR) is 326 cm³/mol. The van der Waals surface area contributed by atoms with Crippen molar-refractivity contribution in [3.63, 3.8) is 0 Å². The van der Waals surface area contributed by atoms with Crippen LogP contribution in [0, 0.1) is 0 Å². The van der Waals surface area contributed by atoms with Gasteiger partial charge in [-0.3, -0.25) is 0 Å². The topological polar surface area (TPSA) is 30.1 Å². The largest absolute Gasteiger partial charge is 0.469 e. The molecule has 3 nitrogen and oxygen atoms in total. The first-order valence-corrected chi connectivity index (χ1v) is 29.0. The standard InChI is InChI=1S/C68H69BN2OS2/c1-63(2,3)36-19-22-38(23-20-36)70-49-32-41-40-30-45-48(68(13,14)28-26-65(45,7)8)35-54(40)73-53(41)33-42(49)55-56-39-17-15-16-18-52(39)74-61(56)57-43-31-46-47(67(11,12)27-25-66(46,9)10)34-50(43)71-59-44-29-37(64(4,5)6)21-24-51(44)72-62(59)69-58(55)60(57)71/h15-24,29-35,69-70H,25-28H2,1-14H3. The fourth-order valence-corrected chi connectivity index (χ4v) is 16.3. The molecule has 5 heterocycles. The number of furan rings is 1. The number of fused-ring (bicyclic) bond motifs is 16. The van der Waals surface area contributed by atoms with Gasteiger partial charge in [0.2, 0.25) is 7.28 Å². The lowest BCUT2D eigenvalue weighted by Gasteiger charge is -2.42. The fraction of sp³-hybridized carbons (Fsp3) is 0.353. The van der Waals surface area contributed by atoms with Gasteiger partial charge in [-0.1, -0.05) is 133 Å². The van der Waals surface area contributed by atoms with Crippen molar-refractivity contribution in [1.82, 2.24) is 4.57 Å². The molecule has 6 heteroatoms. The molecule has 0 radical (unpaired) electrons. The molecule has 0 spiro atoms.